The van der Waals surface area contributed by atoms with E-state index in [2.05, 4.69) is 87.8 Å². The Morgan fingerprint density at radius 3 is 2.45 bits per heavy atom. The summed E-state index contributed by atoms with van der Waals surface area (Å²) < 4.78 is 2.05. The second kappa shape index (κ2) is 10.8. The average molecular weight is 511 g/mol. The fourth-order valence-corrected chi connectivity index (χ4v) is 6.52. The van der Waals surface area contributed by atoms with Gasteiger partial charge in [0.15, 0.2) is 5.82 Å². The van der Waals surface area contributed by atoms with Crippen LogP contribution in [0.1, 0.15) is 85.1 Å². The molecule has 38 heavy (non-hydrogen) atoms. The highest BCUT2D eigenvalue weighted by molar-refractivity contribution is 5.81. The van der Waals surface area contributed by atoms with Crippen molar-refractivity contribution < 1.29 is 0 Å². The molecule has 0 spiro atoms. The molecule has 1 aliphatic heterocycles. The Balaban J connectivity index is 1.36. The monoisotopic (exact) mass is 510 g/mol. The molecule has 2 aromatic carbocycles. The maximum Gasteiger partial charge on any atom is 0.253 e. The number of aromatic nitrogens is 5. The third kappa shape index (κ3) is 5.04. The third-order valence-corrected chi connectivity index (χ3v) is 8.85. The lowest BCUT2D eigenvalue weighted by atomic mass is 9.88. The Labute approximate surface area is 224 Å². The summed E-state index contributed by atoms with van der Waals surface area (Å²) in [4.78, 5) is 19.3. The van der Waals surface area contributed by atoms with Crippen LogP contribution in [-0.4, -0.2) is 43.2 Å². The zero-order valence-electron chi connectivity index (χ0n) is 22.6. The van der Waals surface area contributed by atoms with Crippen molar-refractivity contribution in [3.05, 3.63) is 87.0 Å². The predicted molar refractivity (Wildman–Crippen MR) is 150 cm³/mol. The molecule has 1 N–H and O–H groups in total. The molecule has 1 saturated heterocycles. The molecule has 3 heterocycles. The Hall–Kier alpha value is -3.32. The molecule has 0 amide bonds. The molecule has 1 saturated carbocycles. The van der Waals surface area contributed by atoms with Crippen LogP contribution in [0, 0.1) is 19.8 Å². The van der Waals surface area contributed by atoms with E-state index in [4.69, 9.17) is 0 Å². The number of H-pyrrole nitrogens is 1. The highest BCUT2D eigenvalue weighted by atomic mass is 16.1. The van der Waals surface area contributed by atoms with Crippen molar-refractivity contribution in [3.63, 3.8) is 0 Å². The van der Waals surface area contributed by atoms with Gasteiger partial charge in [-0.15, -0.1) is 5.10 Å². The van der Waals surface area contributed by atoms with Gasteiger partial charge in [-0.3, -0.25) is 9.69 Å². The molecule has 0 radical (unpaired) electrons. The number of tetrazole rings is 1. The summed E-state index contributed by atoms with van der Waals surface area (Å²) >= 11 is 0. The molecule has 7 nitrogen and oxygen atoms in total. The molecule has 1 aliphatic carbocycles. The molecule has 1 atom stereocenters. The molecule has 2 aliphatic rings. The van der Waals surface area contributed by atoms with Crippen LogP contribution in [0.4, 0.5) is 0 Å². The second-order valence-corrected chi connectivity index (χ2v) is 11.4. The van der Waals surface area contributed by atoms with Crippen molar-refractivity contribution in [3.8, 4) is 0 Å². The van der Waals surface area contributed by atoms with Crippen LogP contribution in [0.15, 0.2) is 53.3 Å². The SMILES string of the molecule is Cc1cc2cc([C@@H](c3nnnn3C3CCCCC3)N3CCC(Cc4ccccc4)CC3)c(=O)[nH]c2cc1C. The van der Waals surface area contributed by atoms with Crippen LogP contribution in [0.3, 0.4) is 0 Å². The van der Waals surface area contributed by atoms with Crippen molar-refractivity contribution >= 4 is 10.9 Å². The minimum Gasteiger partial charge on any atom is -0.322 e. The summed E-state index contributed by atoms with van der Waals surface area (Å²) in [5.41, 5.74) is 5.39. The smallest absolute Gasteiger partial charge is 0.253 e. The first-order valence-electron chi connectivity index (χ1n) is 14.3. The van der Waals surface area contributed by atoms with Crippen LogP contribution in [0.2, 0.25) is 0 Å². The number of rotatable bonds is 6. The Kier molecular flexibility index (Phi) is 7.11. The molecule has 7 heteroatoms. The number of hydrogen-bond donors (Lipinski definition) is 1. The first kappa shape index (κ1) is 25.0. The highest BCUT2D eigenvalue weighted by Gasteiger charge is 2.34. The zero-order valence-corrected chi connectivity index (χ0v) is 22.6. The summed E-state index contributed by atoms with van der Waals surface area (Å²) in [5.74, 6) is 1.45. The Morgan fingerprint density at radius 1 is 0.947 bits per heavy atom. The summed E-state index contributed by atoms with van der Waals surface area (Å²) in [5, 5.41) is 14.3. The number of piperidine rings is 1. The van der Waals surface area contributed by atoms with E-state index in [1.54, 1.807) is 0 Å². The molecular formula is C31H38N6O. The van der Waals surface area contributed by atoms with Crippen molar-refractivity contribution in [2.75, 3.05) is 13.1 Å². The van der Waals surface area contributed by atoms with Gasteiger partial charge in [0.2, 0.25) is 0 Å². The van der Waals surface area contributed by atoms with Crippen molar-refractivity contribution in [1.29, 1.82) is 0 Å². The molecule has 0 unspecified atom stereocenters. The van der Waals surface area contributed by atoms with Gasteiger partial charge in [0.25, 0.3) is 5.56 Å². The minimum atomic E-state index is -0.264. The standard InChI is InChI=1S/C31H38N6O/c1-21-17-25-20-27(31(38)32-28(25)18-22(21)2)29(30-33-34-35-37(30)26-11-7-4-8-12-26)36-15-13-24(14-16-36)19-23-9-5-3-6-10-23/h3,5-6,9-10,17-18,20,24,26,29H,4,7-8,11-16,19H2,1-2H3,(H,32,38)/t29-/m0/s1. The van der Waals surface area contributed by atoms with E-state index in [1.165, 1.54) is 36.0 Å². The van der Waals surface area contributed by atoms with Gasteiger partial charge in [-0.1, -0.05) is 49.6 Å². The molecule has 2 fully saturated rings. The summed E-state index contributed by atoms with van der Waals surface area (Å²) in [6.07, 6.45) is 9.17. The normalized spacial score (nSPS) is 18.7. The predicted octanol–water partition coefficient (Wildman–Crippen LogP) is 5.68. The number of nitrogens with one attached hydrogen (secondary N) is 1. The topological polar surface area (TPSA) is 79.7 Å². The quantitative estimate of drug-likeness (QED) is 0.361. The molecule has 0 bridgehead atoms. The van der Waals surface area contributed by atoms with Crippen molar-refractivity contribution in [2.24, 2.45) is 5.92 Å². The molecule has 4 aromatic rings. The zero-order chi connectivity index (χ0) is 26.1. The molecule has 2 aromatic heterocycles. The van der Waals surface area contributed by atoms with Gasteiger partial charge in [-0.25, -0.2) is 4.68 Å². The number of pyridine rings is 1. The van der Waals surface area contributed by atoms with E-state index >= 15 is 0 Å². The largest absolute Gasteiger partial charge is 0.322 e. The van der Waals surface area contributed by atoms with Crippen molar-refractivity contribution in [1.82, 2.24) is 30.1 Å². The Morgan fingerprint density at radius 2 is 1.68 bits per heavy atom. The molecule has 198 valence electrons. The summed E-state index contributed by atoms with van der Waals surface area (Å²) in [6.45, 7) is 6.05. The van der Waals surface area contributed by atoms with Crippen LogP contribution >= 0.6 is 0 Å². The third-order valence-electron chi connectivity index (χ3n) is 8.85. The fourth-order valence-electron chi connectivity index (χ4n) is 6.52. The van der Waals surface area contributed by atoms with Crippen LogP contribution in [0.5, 0.6) is 0 Å². The van der Waals surface area contributed by atoms with Crippen molar-refractivity contribution in [2.45, 2.75) is 77.3 Å². The highest BCUT2D eigenvalue weighted by Crippen LogP contribution is 2.35. The first-order valence-corrected chi connectivity index (χ1v) is 14.3. The number of benzene rings is 2. The van der Waals surface area contributed by atoms with Crippen LogP contribution in [0.25, 0.3) is 10.9 Å². The van der Waals surface area contributed by atoms with E-state index < -0.39 is 0 Å². The van der Waals surface area contributed by atoms with Gasteiger partial charge in [0.1, 0.15) is 6.04 Å². The lowest BCUT2D eigenvalue weighted by Gasteiger charge is -2.37. The summed E-state index contributed by atoms with van der Waals surface area (Å²) in [6, 6.07) is 17.2. The minimum absolute atomic E-state index is 0.0460. The number of nitrogens with zero attached hydrogens (tertiary/aromatic N) is 5. The fraction of sp³-hybridized carbons (Fsp3) is 0.484. The number of aryl methyl sites for hydroxylation is 2. The number of aromatic amines is 1. The van der Waals surface area contributed by atoms with Gasteiger partial charge in [0, 0.05) is 11.1 Å². The van der Waals surface area contributed by atoms with Gasteiger partial charge in [-0.05, 0) is 116 Å². The molecular weight excluding hydrogens is 472 g/mol. The van der Waals surface area contributed by atoms with E-state index in [0.29, 0.717) is 12.0 Å². The first-order chi connectivity index (χ1) is 18.6. The number of fused-ring (bicyclic) bond motifs is 1. The lowest BCUT2D eigenvalue weighted by molar-refractivity contribution is 0.140. The molecule has 6 rings (SSSR count). The number of hydrogen-bond acceptors (Lipinski definition) is 5. The van der Waals surface area contributed by atoms with E-state index in [9.17, 15) is 4.79 Å². The number of likely N-dealkylation sites (tertiary alicyclic amines) is 1. The van der Waals surface area contributed by atoms with Gasteiger partial charge < -0.3 is 4.98 Å². The van der Waals surface area contributed by atoms with E-state index in [-0.39, 0.29) is 11.6 Å². The van der Waals surface area contributed by atoms with Gasteiger partial charge in [0.05, 0.1) is 6.04 Å². The maximum atomic E-state index is 13.6. The Bertz CT molecular complexity index is 1440. The van der Waals surface area contributed by atoms with Gasteiger partial charge in [-0.2, -0.15) is 0 Å². The lowest BCUT2D eigenvalue weighted by Crippen LogP contribution is -2.41. The van der Waals surface area contributed by atoms with E-state index in [0.717, 1.165) is 67.5 Å². The van der Waals surface area contributed by atoms with Crippen LogP contribution < -0.4 is 5.56 Å². The second-order valence-electron chi connectivity index (χ2n) is 11.4. The van der Waals surface area contributed by atoms with Crippen LogP contribution in [-0.2, 0) is 6.42 Å². The van der Waals surface area contributed by atoms with E-state index in [1.807, 2.05) is 4.68 Å². The summed E-state index contributed by atoms with van der Waals surface area (Å²) in [7, 11) is 0. The maximum absolute atomic E-state index is 13.6. The van der Waals surface area contributed by atoms with Gasteiger partial charge >= 0.3 is 0 Å². The average Bonchev–Trinajstić information content (AvgIpc) is 3.42.